The van der Waals surface area contributed by atoms with Gasteiger partial charge in [-0.2, -0.15) is 0 Å². The maximum absolute atomic E-state index is 9.11. The van der Waals surface area contributed by atoms with Crippen LogP contribution in [-0.4, -0.2) is 17.8 Å². The third-order valence-corrected chi connectivity index (χ3v) is 2.74. The first-order valence-corrected chi connectivity index (χ1v) is 5.52. The molecule has 86 valence electrons. The van der Waals surface area contributed by atoms with Crippen molar-refractivity contribution in [2.75, 3.05) is 6.61 Å². The molecule has 3 heteroatoms. The number of hydrogen-bond donors (Lipinski definition) is 2. The molecule has 0 radical (unpaired) electrons. The standard InChI is InChI=1S/C12H21NO2/c1-5-11(7-14)13-9(3)12-6-8(2)15-10(12)4/h6,9,11,13-14H,5,7H2,1-4H3. The molecule has 0 saturated carbocycles. The number of furan rings is 1. The minimum Gasteiger partial charge on any atom is -0.466 e. The first kappa shape index (κ1) is 12.3. The lowest BCUT2D eigenvalue weighted by Gasteiger charge is -2.20. The second kappa shape index (κ2) is 5.33. The van der Waals surface area contributed by atoms with E-state index in [9.17, 15) is 0 Å². The van der Waals surface area contributed by atoms with Crippen LogP contribution in [0.1, 0.15) is 43.4 Å². The molecule has 1 aromatic rings. The molecule has 0 aliphatic heterocycles. The zero-order valence-electron chi connectivity index (χ0n) is 10.0. The molecule has 1 rings (SSSR count). The summed E-state index contributed by atoms with van der Waals surface area (Å²) in [5.41, 5.74) is 1.18. The largest absolute Gasteiger partial charge is 0.466 e. The Labute approximate surface area is 91.5 Å². The average molecular weight is 211 g/mol. The monoisotopic (exact) mass is 211 g/mol. The predicted octanol–water partition coefficient (Wildman–Crippen LogP) is 2.32. The highest BCUT2D eigenvalue weighted by molar-refractivity contribution is 5.23. The summed E-state index contributed by atoms with van der Waals surface area (Å²) in [6, 6.07) is 2.44. The van der Waals surface area contributed by atoms with Crippen LogP contribution in [0.3, 0.4) is 0 Å². The summed E-state index contributed by atoms with van der Waals surface area (Å²) in [5, 5.41) is 12.5. The molecule has 0 fully saturated rings. The molecule has 15 heavy (non-hydrogen) atoms. The molecular formula is C12H21NO2. The van der Waals surface area contributed by atoms with E-state index in [4.69, 9.17) is 9.52 Å². The van der Waals surface area contributed by atoms with E-state index in [1.807, 2.05) is 13.8 Å². The molecular weight excluding hydrogens is 190 g/mol. The Kier molecular flexibility index (Phi) is 4.36. The molecule has 0 aliphatic rings. The molecule has 1 aromatic heterocycles. The maximum atomic E-state index is 9.11. The summed E-state index contributed by atoms with van der Waals surface area (Å²) < 4.78 is 5.48. The Morgan fingerprint density at radius 2 is 2.13 bits per heavy atom. The fourth-order valence-corrected chi connectivity index (χ4v) is 1.82. The van der Waals surface area contributed by atoms with Crippen LogP contribution in [0, 0.1) is 13.8 Å². The lowest BCUT2D eigenvalue weighted by molar-refractivity contribution is 0.230. The smallest absolute Gasteiger partial charge is 0.105 e. The number of rotatable bonds is 5. The van der Waals surface area contributed by atoms with Crippen LogP contribution in [0.2, 0.25) is 0 Å². The van der Waals surface area contributed by atoms with Gasteiger partial charge in [-0.3, -0.25) is 0 Å². The van der Waals surface area contributed by atoms with Gasteiger partial charge in [-0.05, 0) is 33.3 Å². The number of aliphatic hydroxyl groups is 1. The van der Waals surface area contributed by atoms with E-state index in [2.05, 4.69) is 25.2 Å². The van der Waals surface area contributed by atoms with Crippen molar-refractivity contribution in [1.82, 2.24) is 5.32 Å². The van der Waals surface area contributed by atoms with Crippen LogP contribution < -0.4 is 5.32 Å². The second-order valence-electron chi connectivity index (χ2n) is 4.04. The van der Waals surface area contributed by atoms with E-state index < -0.39 is 0 Å². The molecule has 0 amide bonds. The van der Waals surface area contributed by atoms with Crippen molar-refractivity contribution in [3.63, 3.8) is 0 Å². The zero-order valence-corrected chi connectivity index (χ0v) is 10.0. The Hall–Kier alpha value is -0.800. The highest BCUT2D eigenvalue weighted by Gasteiger charge is 2.15. The summed E-state index contributed by atoms with van der Waals surface area (Å²) in [7, 11) is 0. The first-order chi connectivity index (χ1) is 7.08. The molecule has 0 bridgehead atoms. The van der Waals surface area contributed by atoms with Gasteiger partial charge in [-0.1, -0.05) is 6.92 Å². The molecule has 0 spiro atoms. The van der Waals surface area contributed by atoms with Crippen LogP contribution in [0.5, 0.6) is 0 Å². The van der Waals surface area contributed by atoms with E-state index >= 15 is 0 Å². The molecule has 2 atom stereocenters. The molecule has 3 nitrogen and oxygen atoms in total. The van der Waals surface area contributed by atoms with Crippen molar-refractivity contribution in [2.24, 2.45) is 0 Å². The van der Waals surface area contributed by atoms with Crippen molar-refractivity contribution in [2.45, 2.75) is 46.2 Å². The summed E-state index contributed by atoms with van der Waals surface area (Å²) >= 11 is 0. The minimum atomic E-state index is 0.162. The van der Waals surface area contributed by atoms with E-state index in [1.165, 1.54) is 5.56 Å². The van der Waals surface area contributed by atoms with Gasteiger partial charge in [0.25, 0.3) is 0 Å². The number of hydrogen-bond acceptors (Lipinski definition) is 3. The van der Waals surface area contributed by atoms with Gasteiger partial charge in [-0.25, -0.2) is 0 Å². The van der Waals surface area contributed by atoms with Crippen molar-refractivity contribution in [1.29, 1.82) is 0 Å². The highest BCUT2D eigenvalue weighted by atomic mass is 16.3. The molecule has 0 aliphatic carbocycles. The summed E-state index contributed by atoms with van der Waals surface area (Å²) in [5.74, 6) is 1.90. The fraction of sp³-hybridized carbons (Fsp3) is 0.667. The Bertz CT molecular complexity index is 303. The van der Waals surface area contributed by atoms with Gasteiger partial charge in [0.15, 0.2) is 0 Å². The summed E-state index contributed by atoms with van der Waals surface area (Å²) in [4.78, 5) is 0. The van der Waals surface area contributed by atoms with Crippen LogP contribution in [0.15, 0.2) is 10.5 Å². The molecule has 2 unspecified atom stereocenters. The number of aliphatic hydroxyl groups excluding tert-OH is 1. The van der Waals surface area contributed by atoms with Crippen LogP contribution in [0.4, 0.5) is 0 Å². The fourth-order valence-electron chi connectivity index (χ4n) is 1.82. The lowest BCUT2D eigenvalue weighted by atomic mass is 10.1. The van der Waals surface area contributed by atoms with Gasteiger partial charge in [0.05, 0.1) is 6.61 Å². The van der Waals surface area contributed by atoms with Gasteiger partial charge in [-0.15, -0.1) is 0 Å². The second-order valence-corrected chi connectivity index (χ2v) is 4.04. The van der Waals surface area contributed by atoms with Crippen LogP contribution in [-0.2, 0) is 0 Å². The topological polar surface area (TPSA) is 45.4 Å². The highest BCUT2D eigenvalue weighted by Crippen LogP contribution is 2.21. The van der Waals surface area contributed by atoms with Crippen molar-refractivity contribution < 1.29 is 9.52 Å². The van der Waals surface area contributed by atoms with E-state index in [-0.39, 0.29) is 18.7 Å². The van der Waals surface area contributed by atoms with Gasteiger partial charge in [0, 0.05) is 17.6 Å². The Balaban J connectivity index is 2.67. The van der Waals surface area contributed by atoms with E-state index in [1.54, 1.807) is 0 Å². The lowest BCUT2D eigenvalue weighted by Crippen LogP contribution is -2.33. The van der Waals surface area contributed by atoms with Gasteiger partial charge < -0.3 is 14.8 Å². The van der Waals surface area contributed by atoms with Gasteiger partial charge in [0.2, 0.25) is 0 Å². The molecule has 0 aromatic carbocycles. The Morgan fingerprint density at radius 3 is 2.53 bits per heavy atom. The predicted molar refractivity (Wildman–Crippen MR) is 60.9 cm³/mol. The molecule has 1 heterocycles. The maximum Gasteiger partial charge on any atom is 0.105 e. The quantitative estimate of drug-likeness (QED) is 0.785. The number of nitrogens with one attached hydrogen (secondary N) is 1. The molecule has 2 N–H and O–H groups in total. The third kappa shape index (κ3) is 3.08. The summed E-state index contributed by atoms with van der Waals surface area (Å²) in [6.45, 7) is 8.26. The van der Waals surface area contributed by atoms with Crippen molar-refractivity contribution in [3.05, 3.63) is 23.2 Å². The van der Waals surface area contributed by atoms with E-state index in [0.717, 1.165) is 17.9 Å². The van der Waals surface area contributed by atoms with Crippen molar-refractivity contribution >= 4 is 0 Å². The first-order valence-electron chi connectivity index (χ1n) is 5.52. The Morgan fingerprint density at radius 1 is 1.47 bits per heavy atom. The van der Waals surface area contributed by atoms with Gasteiger partial charge in [0.1, 0.15) is 11.5 Å². The van der Waals surface area contributed by atoms with Crippen LogP contribution in [0.25, 0.3) is 0 Å². The van der Waals surface area contributed by atoms with E-state index in [0.29, 0.717) is 0 Å². The normalized spacial score (nSPS) is 15.3. The summed E-state index contributed by atoms with van der Waals surface area (Å²) in [6.07, 6.45) is 0.927. The van der Waals surface area contributed by atoms with Crippen molar-refractivity contribution in [3.8, 4) is 0 Å². The third-order valence-electron chi connectivity index (χ3n) is 2.74. The SMILES string of the molecule is CCC(CO)NC(C)c1cc(C)oc1C. The number of aryl methyl sites for hydroxylation is 2. The minimum absolute atomic E-state index is 0.162. The van der Waals surface area contributed by atoms with Gasteiger partial charge >= 0.3 is 0 Å². The zero-order chi connectivity index (χ0) is 11.4. The molecule has 0 saturated heterocycles. The van der Waals surface area contributed by atoms with Crippen LogP contribution >= 0.6 is 0 Å². The average Bonchev–Trinajstić information content (AvgIpc) is 2.54.